The first-order chi connectivity index (χ1) is 12.1. The summed E-state index contributed by atoms with van der Waals surface area (Å²) >= 11 is 0. The highest BCUT2D eigenvalue weighted by Gasteiger charge is 2.17. The molecule has 0 saturated carbocycles. The van der Waals surface area contributed by atoms with Gasteiger partial charge in [-0.05, 0) is 25.5 Å². The maximum absolute atomic E-state index is 12.4. The molecule has 2 aromatic carbocycles. The monoisotopic (exact) mass is 340 g/mol. The summed E-state index contributed by atoms with van der Waals surface area (Å²) in [6.07, 6.45) is 0. The van der Waals surface area contributed by atoms with Gasteiger partial charge >= 0.3 is 0 Å². The molecular formula is C20H26N3O2+. The largest absolute Gasteiger partial charge is 0.351 e. The van der Waals surface area contributed by atoms with Crippen molar-refractivity contribution in [3.63, 3.8) is 0 Å². The van der Waals surface area contributed by atoms with Gasteiger partial charge in [0.05, 0.1) is 6.54 Å². The molecule has 5 nitrogen and oxygen atoms in total. The summed E-state index contributed by atoms with van der Waals surface area (Å²) in [4.78, 5) is 25.1. The maximum atomic E-state index is 12.4. The molecule has 5 heteroatoms. The number of hydrogen-bond acceptors (Lipinski definition) is 2. The number of quaternary nitrogens is 1. The van der Waals surface area contributed by atoms with Gasteiger partial charge in [0.1, 0.15) is 0 Å². The van der Waals surface area contributed by atoms with Crippen LogP contribution >= 0.6 is 0 Å². The lowest BCUT2D eigenvalue weighted by Crippen LogP contribution is -3.14. The molecule has 0 aromatic heterocycles. The number of para-hydroxylation sites is 1. The zero-order valence-corrected chi connectivity index (χ0v) is 14.8. The van der Waals surface area contributed by atoms with Gasteiger partial charge in [-0.1, -0.05) is 48.5 Å². The molecule has 2 amide bonds. The first-order valence-electron chi connectivity index (χ1n) is 8.68. The molecule has 1 atom stereocenters. The van der Waals surface area contributed by atoms with E-state index < -0.39 is 0 Å². The predicted octanol–water partition coefficient (Wildman–Crippen LogP) is 1.33. The molecule has 1 unspecified atom stereocenters. The van der Waals surface area contributed by atoms with Crippen molar-refractivity contribution in [1.82, 2.24) is 5.32 Å². The van der Waals surface area contributed by atoms with Gasteiger partial charge < -0.3 is 15.5 Å². The van der Waals surface area contributed by atoms with E-state index in [1.165, 1.54) is 0 Å². The molecule has 0 spiro atoms. The lowest BCUT2D eigenvalue weighted by atomic mass is 10.0. The second kappa shape index (κ2) is 9.59. The van der Waals surface area contributed by atoms with Crippen molar-refractivity contribution in [2.75, 3.05) is 31.5 Å². The molecule has 132 valence electrons. The molecule has 0 heterocycles. The minimum atomic E-state index is -0.0930. The van der Waals surface area contributed by atoms with E-state index in [1.807, 2.05) is 68.4 Å². The van der Waals surface area contributed by atoms with E-state index in [2.05, 4.69) is 10.6 Å². The van der Waals surface area contributed by atoms with Crippen LogP contribution in [0.4, 0.5) is 5.69 Å². The Morgan fingerprint density at radius 2 is 1.52 bits per heavy atom. The van der Waals surface area contributed by atoms with Gasteiger partial charge in [-0.2, -0.15) is 0 Å². The van der Waals surface area contributed by atoms with Crippen molar-refractivity contribution in [2.45, 2.75) is 13.8 Å². The van der Waals surface area contributed by atoms with Crippen molar-refractivity contribution < 1.29 is 14.5 Å². The maximum Gasteiger partial charge on any atom is 0.279 e. The number of carbonyl (C=O) groups is 2. The van der Waals surface area contributed by atoms with Gasteiger partial charge in [-0.15, -0.1) is 0 Å². The molecule has 25 heavy (non-hydrogen) atoms. The normalized spacial score (nSPS) is 11.6. The number of likely N-dealkylation sites (N-methyl/N-ethyl adjacent to an activating group) is 2. The topological polar surface area (TPSA) is 62.6 Å². The number of amides is 2. The van der Waals surface area contributed by atoms with E-state index in [1.54, 1.807) is 0 Å². The molecule has 0 fully saturated rings. The number of nitrogens with one attached hydrogen (secondary N) is 3. The molecule has 0 aliphatic carbocycles. The Balaban J connectivity index is 2.04. The Kier molecular flexibility index (Phi) is 7.16. The fourth-order valence-corrected chi connectivity index (χ4v) is 2.68. The summed E-state index contributed by atoms with van der Waals surface area (Å²) in [5, 5.41) is 5.76. The highest BCUT2D eigenvalue weighted by Crippen LogP contribution is 2.27. The second-order valence-electron chi connectivity index (χ2n) is 5.87. The molecular weight excluding hydrogens is 314 g/mol. The predicted molar refractivity (Wildman–Crippen MR) is 100 cm³/mol. The zero-order valence-electron chi connectivity index (χ0n) is 14.8. The summed E-state index contributed by atoms with van der Waals surface area (Å²) in [6, 6.07) is 17.7. The number of benzene rings is 2. The quantitative estimate of drug-likeness (QED) is 0.679. The van der Waals surface area contributed by atoms with E-state index in [9.17, 15) is 9.59 Å². The van der Waals surface area contributed by atoms with Crippen LogP contribution in [-0.2, 0) is 9.59 Å². The summed E-state index contributed by atoms with van der Waals surface area (Å²) in [5.41, 5.74) is 2.82. The highest BCUT2D eigenvalue weighted by molar-refractivity contribution is 5.96. The molecule has 3 N–H and O–H groups in total. The number of carbonyl (C=O) groups excluding carboxylic acids is 2. The van der Waals surface area contributed by atoms with Crippen LogP contribution in [0.25, 0.3) is 11.1 Å². The van der Waals surface area contributed by atoms with Gasteiger partial charge in [-0.25, -0.2) is 0 Å². The first kappa shape index (κ1) is 18.7. The first-order valence-corrected chi connectivity index (χ1v) is 8.68. The van der Waals surface area contributed by atoms with Crippen molar-refractivity contribution in [2.24, 2.45) is 0 Å². The fraction of sp³-hybridized carbons (Fsp3) is 0.300. The zero-order chi connectivity index (χ0) is 18.1. The Hall–Kier alpha value is -2.66. The van der Waals surface area contributed by atoms with Crippen molar-refractivity contribution >= 4 is 17.5 Å². The third-order valence-corrected chi connectivity index (χ3v) is 3.98. The third-order valence-electron chi connectivity index (χ3n) is 3.98. The summed E-state index contributed by atoms with van der Waals surface area (Å²) in [7, 11) is 0. The Labute approximate surface area is 149 Å². The van der Waals surface area contributed by atoms with Gasteiger partial charge in [0.2, 0.25) is 0 Å². The van der Waals surface area contributed by atoms with Crippen LogP contribution in [0, 0.1) is 0 Å². The summed E-state index contributed by atoms with van der Waals surface area (Å²) in [6.45, 7) is 5.74. The van der Waals surface area contributed by atoms with E-state index in [0.29, 0.717) is 19.6 Å². The van der Waals surface area contributed by atoms with Crippen LogP contribution in [0.15, 0.2) is 54.6 Å². The Morgan fingerprint density at radius 3 is 2.20 bits per heavy atom. The van der Waals surface area contributed by atoms with Crippen LogP contribution in [0.2, 0.25) is 0 Å². The van der Waals surface area contributed by atoms with Crippen LogP contribution in [0.3, 0.4) is 0 Å². The van der Waals surface area contributed by atoms with Crippen LogP contribution in [0.1, 0.15) is 13.8 Å². The third kappa shape index (κ3) is 5.72. The van der Waals surface area contributed by atoms with Gasteiger partial charge in [0.15, 0.2) is 13.1 Å². The lowest BCUT2D eigenvalue weighted by Gasteiger charge is -2.17. The van der Waals surface area contributed by atoms with E-state index in [-0.39, 0.29) is 18.4 Å². The van der Waals surface area contributed by atoms with E-state index >= 15 is 0 Å². The second-order valence-corrected chi connectivity index (χ2v) is 5.87. The van der Waals surface area contributed by atoms with Gasteiger partial charge in [0, 0.05) is 17.8 Å². The molecule has 0 bridgehead atoms. The number of rotatable bonds is 8. The summed E-state index contributed by atoms with van der Waals surface area (Å²) in [5.74, 6) is -0.124. The van der Waals surface area contributed by atoms with Crippen molar-refractivity contribution in [3.05, 3.63) is 54.6 Å². The molecule has 0 saturated heterocycles. The molecule has 0 aliphatic heterocycles. The number of anilines is 1. The minimum absolute atomic E-state index is 0.0307. The standard InChI is InChI=1S/C20H25N3O2/c1-3-21-19(24)14-23(4-2)15-20(25)22-18-13-9-8-12-17(18)16-10-6-5-7-11-16/h5-13H,3-4,14-15H2,1-2H3,(H,21,24)(H,22,25)/p+1. The molecule has 0 radical (unpaired) electrons. The van der Waals surface area contributed by atoms with E-state index in [0.717, 1.165) is 21.7 Å². The molecule has 2 aromatic rings. The number of hydrogen-bond donors (Lipinski definition) is 3. The van der Waals surface area contributed by atoms with Crippen LogP contribution in [0.5, 0.6) is 0 Å². The molecule has 2 rings (SSSR count). The smallest absolute Gasteiger partial charge is 0.279 e. The van der Waals surface area contributed by atoms with E-state index in [4.69, 9.17) is 0 Å². The molecule has 0 aliphatic rings. The van der Waals surface area contributed by atoms with Crippen molar-refractivity contribution in [1.29, 1.82) is 0 Å². The highest BCUT2D eigenvalue weighted by atomic mass is 16.2. The summed E-state index contributed by atoms with van der Waals surface area (Å²) < 4.78 is 0. The van der Waals surface area contributed by atoms with Crippen molar-refractivity contribution in [3.8, 4) is 11.1 Å². The van der Waals surface area contributed by atoms with Gasteiger partial charge in [0.25, 0.3) is 11.8 Å². The average Bonchev–Trinajstić information content (AvgIpc) is 2.62. The fourth-order valence-electron chi connectivity index (χ4n) is 2.68. The Bertz CT molecular complexity index is 701. The van der Waals surface area contributed by atoms with Crippen LogP contribution < -0.4 is 15.5 Å². The van der Waals surface area contributed by atoms with Crippen LogP contribution in [-0.4, -0.2) is 38.0 Å². The SMILES string of the molecule is CCNC(=O)C[NH+](CC)CC(=O)Nc1ccccc1-c1ccccc1. The Morgan fingerprint density at radius 1 is 0.880 bits per heavy atom. The average molecular weight is 340 g/mol. The van der Waals surface area contributed by atoms with Gasteiger partial charge in [-0.3, -0.25) is 9.59 Å². The minimum Gasteiger partial charge on any atom is -0.351 e. The lowest BCUT2D eigenvalue weighted by molar-refractivity contribution is -0.881.